The Morgan fingerprint density at radius 2 is 1.69 bits per heavy atom. The molecule has 0 aliphatic carbocycles. The van der Waals surface area contributed by atoms with E-state index in [0.717, 1.165) is 0 Å². The molecule has 2 N–H and O–H groups in total. The minimum absolute atomic E-state index is 0.0172. The lowest BCUT2D eigenvalue weighted by molar-refractivity contribution is 0.476. The number of phenolic OH excluding ortho intramolecular Hbond substituents is 1. The van der Waals surface area contributed by atoms with Gasteiger partial charge in [0.05, 0.1) is 3.57 Å². The minimum Gasteiger partial charge on any atom is -0.506 e. The van der Waals surface area contributed by atoms with E-state index in [-0.39, 0.29) is 10.6 Å². The Morgan fingerprint density at radius 1 is 1.12 bits per heavy atom. The molecule has 0 heterocycles. The molecule has 0 unspecified atom stereocenters. The van der Waals surface area contributed by atoms with Gasteiger partial charge in [-0.05, 0) is 28.7 Å². The number of fused-ring (bicyclic) bond motifs is 1. The Kier molecular flexibility index (Phi) is 2.81. The highest BCUT2D eigenvalue weighted by atomic mass is 127. The Morgan fingerprint density at radius 3 is 2.25 bits per heavy atom. The molecule has 84 valence electrons. The van der Waals surface area contributed by atoms with E-state index in [1.54, 1.807) is 18.2 Å². The maximum Gasteiger partial charge on any atom is 0.295 e. The largest absolute Gasteiger partial charge is 0.506 e. The van der Waals surface area contributed by atoms with E-state index < -0.39 is 10.1 Å². The van der Waals surface area contributed by atoms with Crippen molar-refractivity contribution < 1.29 is 18.1 Å². The molecule has 0 saturated heterocycles. The summed E-state index contributed by atoms with van der Waals surface area (Å²) in [5.74, 6) is 0.0172. The highest BCUT2D eigenvalue weighted by Crippen LogP contribution is 2.34. The van der Waals surface area contributed by atoms with Crippen molar-refractivity contribution in [2.75, 3.05) is 0 Å². The first-order valence-corrected chi connectivity index (χ1v) is 6.81. The summed E-state index contributed by atoms with van der Waals surface area (Å²) < 4.78 is 31.8. The normalized spacial score (nSPS) is 11.9. The summed E-state index contributed by atoms with van der Waals surface area (Å²) >= 11 is 1.81. The van der Waals surface area contributed by atoms with Crippen LogP contribution in [0.3, 0.4) is 0 Å². The average molecular weight is 350 g/mol. The van der Waals surface area contributed by atoms with Gasteiger partial charge >= 0.3 is 0 Å². The van der Waals surface area contributed by atoms with Gasteiger partial charge in [-0.15, -0.1) is 0 Å². The van der Waals surface area contributed by atoms with Gasteiger partial charge in [0.2, 0.25) is 0 Å². The van der Waals surface area contributed by atoms with E-state index in [2.05, 4.69) is 0 Å². The summed E-state index contributed by atoms with van der Waals surface area (Å²) in [5.41, 5.74) is 0. The predicted molar refractivity (Wildman–Crippen MR) is 68.1 cm³/mol. The third kappa shape index (κ3) is 1.87. The van der Waals surface area contributed by atoms with Crippen molar-refractivity contribution in [2.45, 2.75) is 4.90 Å². The molecule has 16 heavy (non-hydrogen) atoms. The second-order valence-electron chi connectivity index (χ2n) is 3.23. The lowest BCUT2D eigenvalue weighted by Crippen LogP contribution is -2.00. The number of benzene rings is 2. The van der Waals surface area contributed by atoms with Crippen molar-refractivity contribution >= 4 is 43.5 Å². The van der Waals surface area contributed by atoms with Crippen LogP contribution >= 0.6 is 22.6 Å². The van der Waals surface area contributed by atoms with Crippen LogP contribution in [0.15, 0.2) is 35.2 Å². The fourth-order valence-electron chi connectivity index (χ4n) is 1.51. The van der Waals surface area contributed by atoms with Gasteiger partial charge in [-0.2, -0.15) is 8.42 Å². The zero-order valence-electron chi connectivity index (χ0n) is 7.88. The van der Waals surface area contributed by atoms with E-state index in [0.29, 0.717) is 14.3 Å². The molecule has 0 radical (unpaired) electrons. The molecule has 0 aliphatic rings. The van der Waals surface area contributed by atoms with Crippen LogP contribution in [0.1, 0.15) is 0 Å². The standard InChI is InChI=1S/C10H7IO4S/c11-8-5-9(16(13,14)15)6-3-1-2-4-7(6)10(8)12/h1-5,12H,(H,13,14,15). The highest BCUT2D eigenvalue weighted by Gasteiger charge is 2.17. The number of halogens is 1. The van der Waals surface area contributed by atoms with Crippen LogP contribution in [0.4, 0.5) is 0 Å². The first-order chi connectivity index (χ1) is 7.41. The van der Waals surface area contributed by atoms with Gasteiger partial charge in [0.15, 0.2) is 0 Å². The maximum atomic E-state index is 11.2. The lowest BCUT2D eigenvalue weighted by atomic mass is 10.1. The predicted octanol–water partition coefficient (Wildman–Crippen LogP) is 2.40. The Balaban J connectivity index is 3.02. The summed E-state index contributed by atoms with van der Waals surface area (Å²) in [6, 6.07) is 7.71. The van der Waals surface area contributed by atoms with Crippen LogP contribution < -0.4 is 0 Å². The molecule has 0 aromatic heterocycles. The van der Waals surface area contributed by atoms with E-state index >= 15 is 0 Å². The Labute approximate surface area is 106 Å². The molecule has 0 aliphatic heterocycles. The summed E-state index contributed by atoms with van der Waals surface area (Å²) in [7, 11) is -4.28. The number of rotatable bonds is 1. The molecule has 4 nitrogen and oxygen atoms in total. The molecule has 0 spiro atoms. The average Bonchev–Trinajstić information content (AvgIpc) is 2.22. The van der Waals surface area contributed by atoms with Crippen LogP contribution in [0, 0.1) is 3.57 Å². The van der Waals surface area contributed by atoms with E-state index in [1.165, 1.54) is 12.1 Å². The fourth-order valence-corrected chi connectivity index (χ4v) is 3.04. The topological polar surface area (TPSA) is 74.6 Å². The molecule has 2 aromatic rings. The number of aromatic hydroxyl groups is 1. The third-order valence-electron chi connectivity index (χ3n) is 2.21. The first kappa shape index (κ1) is 11.6. The molecule has 6 heteroatoms. The first-order valence-electron chi connectivity index (χ1n) is 4.29. The van der Waals surface area contributed by atoms with E-state index in [1.807, 2.05) is 22.6 Å². The molecular formula is C10H7IO4S. The van der Waals surface area contributed by atoms with Gasteiger partial charge in [0.1, 0.15) is 10.6 Å². The molecule has 2 rings (SSSR count). The lowest BCUT2D eigenvalue weighted by Gasteiger charge is -2.07. The van der Waals surface area contributed by atoms with Crippen LogP contribution in [-0.2, 0) is 10.1 Å². The van der Waals surface area contributed by atoms with Gasteiger partial charge in [-0.3, -0.25) is 4.55 Å². The zero-order valence-corrected chi connectivity index (χ0v) is 10.9. The monoisotopic (exact) mass is 350 g/mol. The molecule has 0 bridgehead atoms. The number of hydrogen-bond acceptors (Lipinski definition) is 3. The maximum absolute atomic E-state index is 11.2. The third-order valence-corrected chi connectivity index (χ3v) is 3.93. The SMILES string of the molecule is O=S(=O)(O)c1cc(I)c(O)c2ccccc12. The second kappa shape index (κ2) is 3.86. The number of hydrogen-bond donors (Lipinski definition) is 2. The quantitative estimate of drug-likeness (QED) is 0.612. The van der Waals surface area contributed by atoms with Crippen LogP contribution in [-0.4, -0.2) is 18.1 Å². The van der Waals surface area contributed by atoms with Crippen molar-refractivity contribution in [1.82, 2.24) is 0 Å². The molecule has 2 aromatic carbocycles. The molecule has 0 saturated carbocycles. The summed E-state index contributed by atoms with van der Waals surface area (Å²) in [5, 5.41) is 10.5. The summed E-state index contributed by atoms with van der Waals surface area (Å²) in [6.07, 6.45) is 0. The summed E-state index contributed by atoms with van der Waals surface area (Å²) in [6.45, 7) is 0. The van der Waals surface area contributed by atoms with Gasteiger partial charge in [0, 0.05) is 10.8 Å². The zero-order chi connectivity index (χ0) is 11.9. The van der Waals surface area contributed by atoms with Crippen LogP contribution in [0.25, 0.3) is 10.8 Å². The highest BCUT2D eigenvalue weighted by molar-refractivity contribution is 14.1. The fraction of sp³-hybridized carbons (Fsp3) is 0. The van der Waals surface area contributed by atoms with Crippen molar-refractivity contribution in [3.8, 4) is 5.75 Å². The van der Waals surface area contributed by atoms with Crippen molar-refractivity contribution in [3.63, 3.8) is 0 Å². The van der Waals surface area contributed by atoms with Crippen LogP contribution in [0.5, 0.6) is 5.75 Å². The van der Waals surface area contributed by atoms with Gasteiger partial charge in [-0.1, -0.05) is 24.3 Å². The molecule has 0 amide bonds. The Hall–Kier alpha value is -0.860. The summed E-state index contributed by atoms with van der Waals surface area (Å²) in [4.78, 5) is -0.190. The molecular weight excluding hydrogens is 343 g/mol. The number of phenols is 1. The van der Waals surface area contributed by atoms with Crippen molar-refractivity contribution in [1.29, 1.82) is 0 Å². The molecule has 0 fully saturated rings. The van der Waals surface area contributed by atoms with Crippen molar-refractivity contribution in [2.24, 2.45) is 0 Å². The van der Waals surface area contributed by atoms with Gasteiger partial charge < -0.3 is 5.11 Å². The van der Waals surface area contributed by atoms with E-state index in [4.69, 9.17) is 4.55 Å². The van der Waals surface area contributed by atoms with Crippen LogP contribution in [0.2, 0.25) is 0 Å². The Bertz CT molecular complexity index is 664. The smallest absolute Gasteiger partial charge is 0.295 e. The van der Waals surface area contributed by atoms with Crippen molar-refractivity contribution in [3.05, 3.63) is 33.9 Å². The second-order valence-corrected chi connectivity index (χ2v) is 5.78. The minimum atomic E-state index is -4.28. The van der Waals surface area contributed by atoms with Gasteiger partial charge in [0.25, 0.3) is 10.1 Å². The molecule has 0 atom stereocenters. The van der Waals surface area contributed by atoms with E-state index in [9.17, 15) is 13.5 Å². The van der Waals surface area contributed by atoms with Gasteiger partial charge in [-0.25, -0.2) is 0 Å².